The van der Waals surface area contributed by atoms with E-state index in [1.807, 2.05) is 0 Å². The van der Waals surface area contributed by atoms with Crippen LogP contribution in [-0.4, -0.2) is 48.4 Å². The third-order valence-corrected chi connectivity index (χ3v) is 2.52. The number of carboxylic acids is 1. The number of carbonyl (C=O) groups excluding carboxylic acids is 1. The lowest BCUT2D eigenvalue weighted by molar-refractivity contribution is -0.137. The fourth-order valence-corrected chi connectivity index (χ4v) is 1.63. The van der Waals surface area contributed by atoms with Gasteiger partial charge in [-0.3, -0.25) is 14.3 Å². The van der Waals surface area contributed by atoms with Gasteiger partial charge in [0.25, 0.3) is 0 Å². The van der Waals surface area contributed by atoms with Crippen molar-refractivity contribution in [2.75, 3.05) is 17.2 Å². The van der Waals surface area contributed by atoms with Gasteiger partial charge in [0.1, 0.15) is 12.4 Å². The molecule has 0 spiro atoms. The standard InChI is InChI=1S/C12H14N6O4/c19-10(2-4-13-9-1-3-14-12(22)17-9)16-8-5-15-18(6-8)7-11(20)21/h1,3,5-6H,2,4,7H2,(H,16,19)(H,20,21)(H2,13,14,17,22). The summed E-state index contributed by atoms with van der Waals surface area (Å²) in [5.41, 5.74) is 0.422. The van der Waals surface area contributed by atoms with E-state index < -0.39 is 5.97 Å². The number of nitrogens with one attached hydrogen (secondary N) is 2. The second-order valence-corrected chi connectivity index (χ2v) is 4.29. The third kappa shape index (κ3) is 4.74. The zero-order chi connectivity index (χ0) is 15.9. The van der Waals surface area contributed by atoms with Crippen molar-refractivity contribution in [2.45, 2.75) is 13.0 Å². The Kier molecular flexibility index (Phi) is 4.85. The van der Waals surface area contributed by atoms with Crippen molar-refractivity contribution in [3.63, 3.8) is 0 Å². The van der Waals surface area contributed by atoms with Crippen molar-refractivity contribution >= 4 is 23.4 Å². The Morgan fingerprint density at radius 1 is 1.36 bits per heavy atom. The molecule has 2 aromatic heterocycles. The van der Waals surface area contributed by atoms with Gasteiger partial charge in [-0.15, -0.1) is 0 Å². The van der Waals surface area contributed by atoms with E-state index in [1.54, 1.807) is 6.07 Å². The summed E-state index contributed by atoms with van der Waals surface area (Å²) in [7, 11) is 0. The fraction of sp³-hybridized carbons (Fsp3) is 0.250. The average molecular weight is 306 g/mol. The number of aromatic hydroxyl groups is 1. The summed E-state index contributed by atoms with van der Waals surface area (Å²) in [6, 6.07) is 1.22. The second-order valence-electron chi connectivity index (χ2n) is 4.29. The molecule has 2 heterocycles. The Bertz CT molecular complexity index is 671. The van der Waals surface area contributed by atoms with E-state index >= 15 is 0 Å². The molecule has 0 saturated heterocycles. The van der Waals surface area contributed by atoms with E-state index in [4.69, 9.17) is 10.2 Å². The van der Waals surface area contributed by atoms with E-state index in [1.165, 1.54) is 23.3 Å². The van der Waals surface area contributed by atoms with Gasteiger partial charge < -0.3 is 20.8 Å². The maximum Gasteiger partial charge on any atom is 0.325 e. The van der Waals surface area contributed by atoms with Crippen molar-refractivity contribution in [1.29, 1.82) is 0 Å². The Labute approximate surface area is 124 Å². The number of nitrogens with zero attached hydrogens (tertiary/aromatic N) is 4. The van der Waals surface area contributed by atoms with Gasteiger partial charge >= 0.3 is 12.0 Å². The molecule has 0 aliphatic carbocycles. The second kappa shape index (κ2) is 7.02. The van der Waals surface area contributed by atoms with Gasteiger partial charge in [0.05, 0.1) is 11.9 Å². The molecule has 0 radical (unpaired) electrons. The smallest absolute Gasteiger partial charge is 0.325 e. The molecule has 4 N–H and O–H groups in total. The van der Waals surface area contributed by atoms with Crippen LogP contribution >= 0.6 is 0 Å². The van der Waals surface area contributed by atoms with Crippen LogP contribution in [0.25, 0.3) is 0 Å². The molecule has 0 aliphatic heterocycles. The first-order valence-electron chi connectivity index (χ1n) is 6.33. The quantitative estimate of drug-likeness (QED) is 0.555. The maximum atomic E-state index is 11.7. The number of anilines is 2. The van der Waals surface area contributed by atoms with Crippen LogP contribution in [0.5, 0.6) is 6.01 Å². The summed E-state index contributed by atoms with van der Waals surface area (Å²) >= 11 is 0. The molecular weight excluding hydrogens is 292 g/mol. The molecule has 0 atom stereocenters. The molecule has 0 aliphatic rings. The van der Waals surface area contributed by atoms with Gasteiger partial charge in [0.15, 0.2) is 0 Å². The number of rotatable bonds is 7. The molecule has 10 heteroatoms. The highest BCUT2D eigenvalue weighted by Gasteiger charge is 2.06. The van der Waals surface area contributed by atoms with Gasteiger partial charge in [-0.25, -0.2) is 4.98 Å². The zero-order valence-corrected chi connectivity index (χ0v) is 11.4. The van der Waals surface area contributed by atoms with Crippen molar-refractivity contribution in [2.24, 2.45) is 0 Å². The molecule has 0 fully saturated rings. The predicted octanol–water partition coefficient (Wildman–Crippen LogP) is -0.0960. The molecule has 1 amide bonds. The molecule has 10 nitrogen and oxygen atoms in total. The Morgan fingerprint density at radius 3 is 2.91 bits per heavy atom. The number of carbonyl (C=O) groups is 2. The number of amides is 1. The Balaban J connectivity index is 1.76. The molecule has 116 valence electrons. The highest BCUT2D eigenvalue weighted by Crippen LogP contribution is 2.07. The summed E-state index contributed by atoms with van der Waals surface area (Å²) in [6.07, 6.45) is 4.36. The van der Waals surface area contributed by atoms with Crippen LogP contribution in [0, 0.1) is 0 Å². The minimum Gasteiger partial charge on any atom is -0.480 e. The van der Waals surface area contributed by atoms with E-state index in [9.17, 15) is 9.59 Å². The van der Waals surface area contributed by atoms with Crippen LogP contribution in [0.4, 0.5) is 11.5 Å². The SMILES string of the molecule is O=C(O)Cn1cc(NC(=O)CCNc2ccnc(O)n2)cn1. The molecule has 2 rings (SSSR count). The number of aliphatic carboxylic acids is 1. The lowest BCUT2D eigenvalue weighted by Crippen LogP contribution is -2.16. The average Bonchev–Trinajstić information content (AvgIpc) is 2.85. The summed E-state index contributed by atoms with van der Waals surface area (Å²) in [4.78, 5) is 29.5. The van der Waals surface area contributed by atoms with Crippen molar-refractivity contribution < 1.29 is 19.8 Å². The summed E-state index contributed by atoms with van der Waals surface area (Å²) < 4.78 is 1.21. The first-order chi connectivity index (χ1) is 10.5. The zero-order valence-electron chi connectivity index (χ0n) is 11.4. The summed E-state index contributed by atoms with van der Waals surface area (Å²) in [5.74, 6) is -0.867. The first kappa shape index (κ1) is 15.2. The monoisotopic (exact) mass is 306 g/mol. The van der Waals surface area contributed by atoms with Gasteiger partial charge in [-0.2, -0.15) is 10.1 Å². The molecule has 0 bridgehead atoms. The van der Waals surface area contributed by atoms with Crippen molar-refractivity contribution in [1.82, 2.24) is 19.7 Å². The molecule has 0 aromatic carbocycles. The molecule has 0 unspecified atom stereocenters. The number of hydrogen-bond donors (Lipinski definition) is 4. The van der Waals surface area contributed by atoms with E-state index in [0.717, 1.165) is 0 Å². The highest BCUT2D eigenvalue weighted by molar-refractivity contribution is 5.90. The largest absolute Gasteiger partial charge is 0.480 e. The number of carboxylic acid groups (broad SMARTS) is 1. The van der Waals surface area contributed by atoms with E-state index in [0.29, 0.717) is 18.1 Å². The topological polar surface area (TPSA) is 142 Å². The van der Waals surface area contributed by atoms with Crippen LogP contribution < -0.4 is 10.6 Å². The minimum absolute atomic E-state index is 0.162. The maximum absolute atomic E-state index is 11.7. The van der Waals surface area contributed by atoms with E-state index in [2.05, 4.69) is 25.7 Å². The molecule has 0 saturated carbocycles. The predicted molar refractivity (Wildman–Crippen MR) is 75.3 cm³/mol. The van der Waals surface area contributed by atoms with Crippen molar-refractivity contribution in [3.05, 3.63) is 24.7 Å². The van der Waals surface area contributed by atoms with Crippen molar-refractivity contribution in [3.8, 4) is 6.01 Å². The minimum atomic E-state index is -1.02. The normalized spacial score (nSPS) is 10.2. The number of aromatic nitrogens is 4. The van der Waals surface area contributed by atoms with Crippen LogP contribution in [-0.2, 0) is 16.1 Å². The van der Waals surface area contributed by atoms with Gasteiger partial charge in [-0.05, 0) is 6.07 Å². The van der Waals surface area contributed by atoms with Crippen LogP contribution in [0.3, 0.4) is 0 Å². The van der Waals surface area contributed by atoms with E-state index in [-0.39, 0.29) is 24.9 Å². The van der Waals surface area contributed by atoms with Crippen LogP contribution in [0.1, 0.15) is 6.42 Å². The lowest BCUT2D eigenvalue weighted by atomic mass is 10.3. The lowest BCUT2D eigenvalue weighted by Gasteiger charge is -2.05. The molecular formula is C12H14N6O4. The Hall–Kier alpha value is -3.17. The summed E-state index contributed by atoms with van der Waals surface area (Å²) in [5, 5.41) is 27.0. The molecule has 2 aromatic rings. The van der Waals surface area contributed by atoms with Gasteiger partial charge in [0, 0.05) is 25.4 Å². The van der Waals surface area contributed by atoms with Gasteiger partial charge in [-0.1, -0.05) is 0 Å². The number of hydrogen-bond acceptors (Lipinski definition) is 7. The van der Waals surface area contributed by atoms with Crippen LogP contribution in [0.2, 0.25) is 0 Å². The fourth-order valence-electron chi connectivity index (χ4n) is 1.63. The summed E-state index contributed by atoms with van der Waals surface area (Å²) in [6.45, 7) is 0.0418. The first-order valence-corrected chi connectivity index (χ1v) is 6.33. The Morgan fingerprint density at radius 2 is 2.18 bits per heavy atom. The highest BCUT2D eigenvalue weighted by atomic mass is 16.4. The van der Waals surface area contributed by atoms with Crippen LogP contribution in [0.15, 0.2) is 24.7 Å². The van der Waals surface area contributed by atoms with Gasteiger partial charge in [0.2, 0.25) is 5.91 Å². The third-order valence-electron chi connectivity index (χ3n) is 2.52. The molecule has 22 heavy (non-hydrogen) atoms.